The van der Waals surface area contributed by atoms with Gasteiger partial charge in [-0.3, -0.25) is 9.59 Å². The summed E-state index contributed by atoms with van der Waals surface area (Å²) in [6.45, 7) is 1.95. The van der Waals surface area contributed by atoms with Gasteiger partial charge in [-0.05, 0) is 24.1 Å². The van der Waals surface area contributed by atoms with Crippen LogP contribution in [-0.4, -0.2) is 17.9 Å². The third-order valence-electron chi connectivity index (χ3n) is 3.17. The molecule has 1 aromatic carbocycles. The highest BCUT2D eigenvalue weighted by Gasteiger charge is 2.30. The number of carbonyl (C=O) groups excluding carboxylic acids is 2. The summed E-state index contributed by atoms with van der Waals surface area (Å²) in [6, 6.07) is 3.58. The van der Waals surface area contributed by atoms with E-state index >= 15 is 0 Å². The smallest absolute Gasteiger partial charge is 0.368 e. The summed E-state index contributed by atoms with van der Waals surface area (Å²) in [5, 5.41) is 2.51. The van der Waals surface area contributed by atoms with Crippen LogP contribution in [0.1, 0.15) is 37.3 Å². The Morgan fingerprint density at radius 1 is 1.23 bits per heavy atom. The number of alkyl halides is 3. The number of halogens is 3. The van der Waals surface area contributed by atoms with Gasteiger partial charge in [0, 0.05) is 0 Å². The Bertz CT molecular complexity index is 513. The van der Waals surface area contributed by atoms with Crippen LogP contribution in [0.15, 0.2) is 24.3 Å². The largest absolute Gasteiger partial charge is 0.416 e. The van der Waals surface area contributed by atoms with Crippen LogP contribution < -0.4 is 11.1 Å². The zero-order chi connectivity index (χ0) is 16.8. The van der Waals surface area contributed by atoms with Crippen LogP contribution in [0.25, 0.3) is 0 Å². The zero-order valence-electron chi connectivity index (χ0n) is 12.2. The van der Waals surface area contributed by atoms with E-state index < -0.39 is 29.6 Å². The van der Waals surface area contributed by atoms with Crippen LogP contribution >= 0.6 is 0 Å². The highest BCUT2D eigenvalue weighted by molar-refractivity contribution is 5.87. The Morgan fingerprint density at radius 3 is 2.27 bits per heavy atom. The second-order valence-corrected chi connectivity index (χ2v) is 5.04. The van der Waals surface area contributed by atoms with Gasteiger partial charge in [-0.25, -0.2) is 0 Å². The third-order valence-corrected chi connectivity index (χ3v) is 3.17. The van der Waals surface area contributed by atoms with E-state index in [1.165, 1.54) is 12.1 Å². The van der Waals surface area contributed by atoms with Crippen molar-refractivity contribution in [2.75, 3.05) is 0 Å². The van der Waals surface area contributed by atoms with E-state index in [-0.39, 0.29) is 6.42 Å². The molecule has 0 heterocycles. The summed E-state index contributed by atoms with van der Waals surface area (Å²) < 4.78 is 37.3. The van der Waals surface area contributed by atoms with Crippen LogP contribution in [-0.2, 0) is 22.2 Å². The fourth-order valence-corrected chi connectivity index (χ4v) is 1.94. The number of carbonyl (C=O) groups is 2. The molecule has 0 fully saturated rings. The number of unbranched alkanes of at least 4 members (excludes halogenated alkanes) is 1. The minimum absolute atomic E-state index is 0.103. The van der Waals surface area contributed by atoms with E-state index in [9.17, 15) is 22.8 Å². The molecule has 7 heteroatoms. The first-order valence-electron chi connectivity index (χ1n) is 6.99. The number of benzene rings is 1. The summed E-state index contributed by atoms with van der Waals surface area (Å²) in [5.74, 6) is -1.06. The number of primary amides is 1. The zero-order valence-corrected chi connectivity index (χ0v) is 12.2. The highest BCUT2D eigenvalue weighted by Crippen LogP contribution is 2.29. The Hall–Kier alpha value is -2.05. The lowest BCUT2D eigenvalue weighted by Gasteiger charge is -2.15. The van der Waals surface area contributed by atoms with Crippen molar-refractivity contribution in [3.8, 4) is 0 Å². The fourth-order valence-electron chi connectivity index (χ4n) is 1.94. The fraction of sp³-hybridized carbons (Fsp3) is 0.467. The molecule has 2 amide bonds. The molecular weight excluding hydrogens is 297 g/mol. The van der Waals surface area contributed by atoms with Crippen LogP contribution in [0, 0.1) is 0 Å². The first kappa shape index (κ1) is 18.0. The highest BCUT2D eigenvalue weighted by atomic mass is 19.4. The molecular formula is C15H19F3N2O2. The van der Waals surface area contributed by atoms with Crippen molar-refractivity contribution < 1.29 is 22.8 Å². The molecule has 0 saturated heterocycles. The van der Waals surface area contributed by atoms with E-state index in [4.69, 9.17) is 5.73 Å². The van der Waals surface area contributed by atoms with Gasteiger partial charge in [-0.1, -0.05) is 31.9 Å². The molecule has 0 aliphatic carbocycles. The van der Waals surface area contributed by atoms with Crippen molar-refractivity contribution in [3.05, 3.63) is 35.4 Å². The first-order valence-corrected chi connectivity index (χ1v) is 6.99. The maximum Gasteiger partial charge on any atom is 0.416 e. The third kappa shape index (κ3) is 5.75. The van der Waals surface area contributed by atoms with Gasteiger partial charge in [0.15, 0.2) is 0 Å². The van der Waals surface area contributed by atoms with Gasteiger partial charge in [0.05, 0.1) is 12.0 Å². The van der Waals surface area contributed by atoms with Gasteiger partial charge in [-0.2, -0.15) is 13.2 Å². The number of nitrogens with one attached hydrogen (secondary N) is 1. The molecule has 0 saturated carbocycles. The molecule has 1 atom stereocenters. The van der Waals surface area contributed by atoms with E-state index in [2.05, 4.69) is 5.32 Å². The molecule has 1 rings (SSSR count). The van der Waals surface area contributed by atoms with Crippen molar-refractivity contribution >= 4 is 11.8 Å². The lowest BCUT2D eigenvalue weighted by atomic mass is 10.1. The summed E-state index contributed by atoms with van der Waals surface area (Å²) in [4.78, 5) is 23.1. The topological polar surface area (TPSA) is 72.2 Å². The van der Waals surface area contributed by atoms with Gasteiger partial charge in [-0.15, -0.1) is 0 Å². The molecule has 0 aliphatic rings. The standard InChI is InChI=1S/C15H19F3N2O2/c1-2-3-4-12(14(19)22)20-13(21)9-10-5-7-11(8-6-10)15(16,17)18/h5-8,12H,2-4,9H2,1H3,(H2,19,22)(H,20,21)/t12-/m1/s1. The van der Waals surface area contributed by atoms with E-state index in [0.29, 0.717) is 12.0 Å². The summed E-state index contributed by atoms with van der Waals surface area (Å²) in [7, 11) is 0. The van der Waals surface area contributed by atoms with Gasteiger partial charge >= 0.3 is 6.18 Å². The number of amides is 2. The maximum absolute atomic E-state index is 12.4. The second kappa shape index (κ2) is 7.82. The molecule has 0 aliphatic heterocycles. The number of nitrogens with two attached hydrogens (primary N) is 1. The van der Waals surface area contributed by atoms with E-state index in [1.54, 1.807) is 0 Å². The molecule has 122 valence electrons. The monoisotopic (exact) mass is 316 g/mol. The van der Waals surface area contributed by atoms with Crippen molar-refractivity contribution in [1.82, 2.24) is 5.32 Å². The molecule has 22 heavy (non-hydrogen) atoms. The molecule has 0 radical (unpaired) electrons. The first-order chi connectivity index (χ1) is 10.2. The summed E-state index contributed by atoms with van der Waals surface area (Å²) >= 11 is 0. The van der Waals surface area contributed by atoms with Crippen LogP contribution in [0.3, 0.4) is 0 Å². The average molecular weight is 316 g/mol. The number of rotatable bonds is 7. The molecule has 1 aromatic rings. The van der Waals surface area contributed by atoms with Crippen molar-refractivity contribution in [3.63, 3.8) is 0 Å². The molecule has 3 N–H and O–H groups in total. The van der Waals surface area contributed by atoms with Gasteiger partial charge in [0.2, 0.25) is 11.8 Å². The lowest BCUT2D eigenvalue weighted by molar-refractivity contribution is -0.137. The molecule has 4 nitrogen and oxygen atoms in total. The summed E-state index contributed by atoms with van der Waals surface area (Å²) in [6.07, 6.45) is -2.46. The van der Waals surface area contributed by atoms with Crippen LogP contribution in [0.2, 0.25) is 0 Å². The van der Waals surface area contributed by atoms with Crippen molar-refractivity contribution in [1.29, 1.82) is 0 Å². The second-order valence-electron chi connectivity index (χ2n) is 5.04. The van der Waals surface area contributed by atoms with Gasteiger partial charge in [0.1, 0.15) is 6.04 Å². The summed E-state index contributed by atoms with van der Waals surface area (Å²) in [5.41, 5.74) is 4.87. The Balaban J connectivity index is 2.62. The number of hydrogen-bond acceptors (Lipinski definition) is 2. The van der Waals surface area contributed by atoms with Crippen LogP contribution in [0.5, 0.6) is 0 Å². The predicted molar refractivity (Wildman–Crippen MR) is 75.8 cm³/mol. The average Bonchev–Trinajstić information content (AvgIpc) is 2.42. The molecule has 0 bridgehead atoms. The molecule has 0 unspecified atom stereocenters. The molecule has 0 spiro atoms. The quantitative estimate of drug-likeness (QED) is 0.811. The van der Waals surface area contributed by atoms with E-state index in [1.807, 2.05) is 6.92 Å². The van der Waals surface area contributed by atoms with Crippen LogP contribution in [0.4, 0.5) is 13.2 Å². The Kier molecular flexibility index (Phi) is 6.39. The Labute approximate surface area is 126 Å². The lowest BCUT2D eigenvalue weighted by Crippen LogP contribution is -2.44. The van der Waals surface area contributed by atoms with Gasteiger partial charge in [0.25, 0.3) is 0 Å². The van der Waals surface area contributed by atoms with E-state index in [0.717, 1.165) is 25.0 Å². The minimum atomic E-state index is -4.40. The predicted octanol–water partition coefficient (Wildman–Crippen LogP) is 2.41. The van der Waals surface area contributed by atoms with Gasteiger partial charge < -0.3 is 11.1 Å². The Morgan fingerprint density at radius 2 is 1.82 bits per heavy atom. The normalized spacial score (nSPS) is 12.7. The van der Waals surface area contributed by atoms with Crippen molar-refractivity contribution in [2.24, 2.45) is 5.73 Å². The van der Waals surface area contributed by atoms with Crippen molar-refractivity contribution in [2.45, 2.75) is 44.8 Å². The minimum Gasteiger partial charge on any atom is -0.368 e. The number of hydrogen-bond donors (Lipinski definition) is 2. The molecule has 0 aromatic heterocycles. The maximum atomic E-state index is 12.4. The SMILES string of the molecule is CCCC[C@@H](NC(=O)Cc1ccc(C(F)(F)F)cc1)C(N)=O.